The SMILES string of the molecule is Cc1ccc2cc(CS)c(=O)oc2c1. The maximum Gasteiger partial charge on any atom is 0.340 e. The van der Waals surface area contributed by atoms with Crippen LogP contribution in [0.4, 0.5) is 0 Å². The van der Waals surface area contributed by atoms with Crippen molar-refractivity contribution in [3.05, 3.63) is 45.8 Å². The molecule has 0 bridgehead atoms. The van der Waals surface area contributed by atoms with E-state index < -0.39 is 0 Å². The molecule has 0 saturated heterocycles. The van der Waals surface area contributed by atoms with Gasteiger partial charge in [0.2, 0.25) is 0 Å². The van der Waals surface area contributed by atoms with Crippen LogP contribution in [0.25, 0.3) is 11.0 Å². The molecule has 14 heavy (non-hydrogen) atoms. The molecule has 1 aromatic heterocycles. The molecule has 0 saturated carbocycles. The third kappa shape index (κ3) is 1.55. The highest BCUT2D eigenvalue weighted by Gasteiger charge is 2.03. The first-order chi connectivity index (χ1) is 6.70. The Morgan fingerprint density at radius 3 is 2.86 bits per heavy atom. The average Bonchev–Trinajstić information content (AvgIpc) is 2.16. The highest BCUT2D eigenvalue weighted by Crippen LogP contribution is 2.15. The van der Waals surface area contributed by atoms with E-state index in [4.69, 9.17) is 4.42 Å². The van der Waals surface area contributed by atoms with E-state index in [1.807, 2.05) is 31.2 Å². The Labute approximate surface area is 87.0 Å². The Morgan fingerprint density at radius 1 is 1.36 bits per heavy atom. The van der Waals surface area contributed by atoms with E-state index in [-0.39, 0.29) is 5.63 Å². The van der Waals surface area contributed by atoms with Crippen molar-refractivity contribution in [2.24, 2.45) is 0 Å². The number of aryl methyl sites for hydroxylation is 1. The molecule has 0 spiro atoms. The Bertz CT molecular complexity index is 528. The average molecular weight is 206 g/mol. The molecule has 1 heterocycles. The number of thiol groups is 1. The smallest absolute Gasteiger partial charge is 0.340 e. The van der Waals surface area contributed by atoms with Crippen LogP contribution in [0.3, 0.4) is 0 Å². The largest absolute Gasteiger partial charge is 0.422 e. The van der Waals surface area contributed by atoms with Crippen molar-refractivity contribution in [1.29, 1.82) is 0 Å². The molecule has 0 atom stereocenters. The fraction of sp³-hybridized carbons (Fsp3) is 0.182. The minimum Gasteiger partial charge on any atom is -0.422 e. The standard InChI is InChI=1S/C11H10O2S/c1-7-2-3-8-5-9(6-14)11(12)13-10(8)4-7/h2-5,14H,6H2,1H3. The summed E-state index contributed by atoms with van der Waals surface area (Å²) in [5, 5.41) is 0.944. The molecule has 2 rings (SSSR count). The van der Waals surface area contributed by atoms with Gasteiger partial charge in [-0.15, -0.1) is 0 Å². The Balaban J connectivity index is 2.79. The van der Waals surface area contributed by atoms with E-state index >= 15 is 0 Å². The lowest BCUT2D eigenvalue weighted by atomic mass is 10.1. The van der Waals surface area contributed by atoms with Crippen molar-refractivity contribution in [3.63, 3.8) is 0 Å². The number of fused-ring (bicyclic) bond motifs is 1. The molecule has 3 heteroatoms. The molecule has 0 unspecified atom stereocenters. The first-order valence-electron chi connectivity index (χ1n) is 4.35. The van der Waals surface area contributed by atoms with E-state index in [2.05, 4.69) is 12.6 Å². The summed E-state index contributed by atoms with van der Waals surface area (Å²) in [6.45, 7) is 1.96. The van der Waals surface area contributed by atoms with Crippen LogP contribution in [0.5, 0.6) is 0 Å². The van der Waals surface area contributed by atoms with E-state index in [0.29, 0.717) is 16.9 Å². The Kier molecular flexibility index (Phi) is 2.33. The van der Waals surface area contributed by atoms with E-state index in [1.54, 1.807) is 0 Å². The summed E-state index contributed by atoms with van der Waals surface area (Å²) in [6, 6.07) is 7.62. The fourth-order valence-corrected chi connectivity index (χ4v) is 1.59. The molecule has 2 aromatic rings. The Hall–Kier alpha value is -1.22. The normalized spacial score (nSPS) is 10.7. The van der Waals surface area contributed by atoms with Crippen LogP contribution in [0, 0.1) is 6.92 Å². The van der Waals surface area contributed by atoms with Gasteiger partial charge in [-0.3, -0.25) is 0 Å². The third-order valence-corrected chi connectivity index (χ3v) is 2.47. The molecule has 0 radical (unpaired) electrons. The summed E-state index contributed by atoms with van der Waals surface area (Å²) in [6.07, 6.45) is 0. The number of rotatable bonds is 1. The van der Waals surface area contributed by atoms with Gasteiger partial charge in [-0.25, -0.2) is 4.79 Å². The van der Waals surface area contributed by atoms with Crippen molar-refractivity contribution in [1.82, 2.24) is 0 Å². The summed E-state index contributed by atoms with van der Waals surface area (Å²) in [5.41, 5.74) is 2.03. The second-order valence-corrected chi connectivity index (χ2v) is 3.57. The topological polar surface area (TPSA) is 30.2 Å². The van der Waals surface area contributed by atoms with Gasteiger partial charge in [-0.1, -0.05) is 12.1 Å². The molecular formula is C11H10O2S. The first kappa shape index (κ1) is 9.34. The van der Waals surface area contributed by atoms with Crippen LogP contribution in [0.1, 0.15) is 11.1 Å². The van der Waals surface area contributed by atoms with Gasteiger partial charge < -0.3 is 4.42 Å². The monoisotopic (exact) mass is 206 g/mol. The zero-order valence-corrected chi connectivity index (χ0v) is 8.67. The summed E-state index contributed by atoms with van der Waals surface area (Å²) in [4.78, 5) is 11.4. The van der Waals surface area contributed by atoms with Gasteiger partial charge in [0.05, 0.1) is 0 Å². The summed E-state index contributed by atoms with van der Waals surface area (Å²) >= 11 is 4.07. The molecule has 1 aromatic carbocycles. The quantitative estimate of drug-likeness (QED) is 0.574. The van der Waals surface area contributed by atoms with Crippen LogP contribution < -0.4 is 5.63 Å². The van der Waals surface area contributed by atoms with Crippen molar-refractivity contribution in [2.45, 2.75) is 12.7 Å². The summed E-state index contributed by atoms with van der Waals surface area (Å²) < 4.78 is 5.16. The number of hydrogen-bond donors (Lipinski definition) is 1. The molecule has 72 valence electrons. The van der Waals surface area contributed by atoms with Crippen molar-refractivity contribution >= 4 is 23.6 Å². The molecule has 0 aliphatic carbocycles. The van der Waals surface area contributed by atoms with E-state index in [0.717, 1.165) is 10.9 Å². The minimum atomic E-state index is -0.293. The lowest BCUT2D eigenvalue weighted by Crippen LogP contribution is -2.04. The summed E-state index contributed by atoms with van der Waals surface area (Å²) in [7, 11) is 0. The lowest BCUT2D eigenvalue weighted by molar-refractivity contribution is 0.554. The molecule has 0 aliphatic rings. The maximum atomic E-state index is 11.4. The van der Waals surface area contributed by atoms with Crippen LogP contribution >= 0.6 is 12.6 Å². The zero-order chi connectivity index (χ0) is 10.1. The van der Waals surface area contributed by atoms with Crippen molar-refractivity contribution in [2.75, 3.05) is 0 Å². The second kappa shape index (κ2) is 3.50. The predicted molar refractivity (Wildman–Crippen MR) is 59.9 cm³/mol. The van der Waals surface area contributed by atoms with Crippen LogP contribution in [-0.4, -0.2) is 0 Å². The third-order valence-electron chi connectivity index (χ3n) is 2.13. The van der Waals surface area contributed by atoms with Gasteiger partial charge in [0, 0.05) is 16.7 Å². The molecule has 0 amide bonds. The number of benzene rings is 1. The molecule has 0 aliphatic heterocycles. The van der Waals surface area contributed by atoms with Gasteiger partial charge >= 0.3 is 5.63 Å². The molecular weight excluding hydrogens is 196 g/mol. The summed E-state index contributed by atoms with van der Waals surface area (Å²) in [5.74, 6) is 0.409. The highest BCUT2D eigenvalue weighted by molar-refractivity contribution is 7.79. The lowest BCUT2D eigenvalue weighted by Gasteiger charge is -1.99. The van der Waals surface area contributed by atoms with Gasteiger partial charge in [-0.05, 0) is 24.6 Å². The van der Waals surface area contributed by atoms with Gasteiger partial charge in [0.25, 0.3) is 0 Å². The molecule has 2 nitrogen and oxygen atoms in total. The van der Waals surface area contributed by atoms with Crippen LogP contribution in [0.2, 0.25) is 0 Å². The van der Waals surface area contributed by atoms with Gasteiger partial charge in [-0.2, -0.15) is 12.6 Å². The van der Waals surface area contributed by atoms with Crippen molar-refractivity contribution < 1.29 is 4.42 Å². The van der Waals surface area contributed by atoms with Crippen LogP contribution in [-0.2, 0) is 5.75 Å². The highest BCUT2D eigenvalue weighted by atomic mass is 32.1. The number of hydrogen-bond acceptors (Lipinski definition) is 3. The van der Waals surface area contributed by atoms with E-state index in [9.17, 15) is 4.79 Å². The van der Waals surface area contributed by atoms with Gasteiger partial charge in [0.1, 0.15) is 5.58 Å². The zero-order valence-electron chi connectivity index (χ0n) is 7.78. The second-order valence-electron chi connectivity index (χ2n) is 3.26. The molecule has 0 fully saturated rings. The first-order valence-corrected chi connectivity index (χ1v) is 4.98. The molecule has 0 N–H and O–H groups in total. The Morgan fingerprint density at radius 2 is 2.14 bits per heavy atom. The fourth-order valence-electron chi connectivity index (χ4n) is 1.37. The van der Waals surface area contributed by atoms with Crippen LogP contribution in [0.15, 0.2) is 33.5 Å². The van der Waals surface area contributed by atoms with Crippen molar-refractivity contribution in [3.8, 4) is 0 Å². The maximum absolute atomic E-state index is 11.4. The predicted octanol–water partition coefficient (Wildman–Crippen LogP) is 2.53. The van der Waals surface area contributed by atoms with Gasteiger partial charge in [0.15, 0.2) is 0 Å². The minimum absolute atomic E-state index is 0.293. The van der Waals surface area contributed by atoms with E-state index in [1.165, 1.54) is 0 Å².